The molecule has 0 bridgehead atoms. The summed E-state index contributed by atoms with van der Waals surface area (Å²) in [4.78, 5) is 21.5. The lowest BCUT2D eigenvalue weighted by Crippen LogP contribution is -2.24. The van der Waals surface area contributed by atoms with Crippen LogP contribution in [0.15, 0.2) is 30.3 Å². The third kappa shape index (κ3) is 3.77. The first-order valence-electron chi connectivity index (χ1n) is 7.85. The number of aromatic carboxylic acids is 1. The molecule has 2 heterocycles. The first-order chi connectivity index (χ1) is 12.3. The fourth-order valence-electron chi connectivity index (χ4n) is 2.77. The Morgan fingerprint density at radius 3 is 2.50 bits per heavy atom. The molecule has 1 aromatic carbocycles. The Labute approximate surface area is 147 Å². The van der Waals surface area contributed by atoms with Gasteiger partial charge in [-0.2, -0.15) is 13.2 Å². The van der Waals surface area contributed by atoms with E-state index >= 15 is 0 Å². The van der Waals surface area contributed by atoms with Crippen LogP contribution in [0.1, 0.15) is 22.5 Å². The molecule has 1 fully saturated rings. The molecule has 0 spiro atoms. The number of carbonyl (C=O) groups is 1. The number of nitrogens with zero attached hydrogens (tertiary/aromatic N) is 3. The lowest BCUT2D eigenvalue weighted by molar-refractivity contribution is -0.137. The lowest BCUT2D eigenvalue weighted by atomic mass is 10.1. The molecule has 1 saturated heterocycles. The van der Waals surface area contributed by atoms with Gasteiger partial charge in [-0.3, -0.25) is 0 Å². The number of ether oxygens (including phenoxy) is 1. The number of halogens is 3. The molecule has 0 amide bonds. The van der Waals surface area contributed by atoms with Gasteiger partial charge in [-0.25, -0.2) is 14.8 Å². The quantitative estimate of drug-likeness (QED) is 0.895. The van der Waals surface area contributed by atoms with Crippen LogP contribution in [0.5, 0.6) is 0 Å². The molecule has 0 aliphatic carbocycles. The Kier molecular flexibility index (Phi) is 4.82. The average Bonchev–Trinajstić information content (AvgIpc) is 3.10. The molecule has 1 aliphatic rings. The van der Waals surface area contributed by atoms with E-state index in [1.54, 1.807) is 7.11 Å². The topological polar surface area (TPSA) is 75.5 Å². The summed E-state index contributed by atoms with van der Waals surface area (Å²) in [6.45, 7) is 1.19. The standard InChI is InChI=1S/C17H16F3N3O3/c1-26-12-6-7-23(9-12)14-8-13(16(24)25)21-15(22-14)10-2-4-11(5-3-10)17(18,19)20/h2-5,8,12H,6-7,9H2,1H3,(H,24,25)/t12-/m0/s1. The largest absolute Gasteiger partial charge is 0.477 e. The van der Waals surface area contributed by atoms with E-state index in [4.69, 9.17) is 4.74 Å². The van der Waals surface area contributed by atoms with E-state index in [0.29, 0.717) is 24.5 Å². The predicted molar refractivity (Wildman–Crippen MR) is 87.1 cm³/mol. The molecule has 138 valence electrons. The highest BCUT2D eigenvalue weighted by Gasteiger charge is 2.30. The highest BCUT2D eigenvalue weighted by atomic mass is 19.4. The molecule has 0 radical (unpaired) electrons. The molecule has 1 N–H and O–H groups in total. The number of anilines is 1. The normalized spacial score (nSPS) is 17.5. The molecule has 6 nitrogen and oxygen atoms in total. The van der Waals surface area contributed by atoms with Crippen LogP contribution in [0.3, 0.4) is 0 Å². The number of carboxylic acid groups (broad SMARTS) is 1. The van der Waals surface area contributed by atoms with Crippen LogP contribution in [0.2, 0.25) is 0 Å². The number of alkyl halides is 3. The Balaban J connectivity index is 1.97. The third-order valence-corrected chi connectivity index (χ3v) is 4.20. The minimum absolute atomic E-state index is 0.0211. The van der Waals surface area contributed by atoms with Crippen molar-refractivity contribution in [3.05, 3.63) is 41.6 Å². The lowest BCUT2D eigenvalue weighted by Gasteiger charge is -2.18. The fraction of sp³-hybridized carbons (Fsp3) is 0.353. The maximum atomic E-state index is 12.7. The van der Waals surface area contributed by atoms with Gasteiger partial charge in [0.2, 0.25) is 0 Å². The van der Waals surface area contributed by atoms with Gasteiger partial charge in [0, 0.05) is 31.8 Å². The van der Waals surface area contributed by atoms with E-state index in [2.05, 4.69) is 9.97 Å². The molecule has 1 aromatic heterocycles. The van der Waals surface area contributed by atoms with Crippen LogP contribution < -0.4 is 4.90 Å². The first-order valence-corrected chi connectivity index (χ1v) is 7.85. The second-order valence-electron chi connectivity index (χ2n) is 5.91. The van der Waals surface area contributed by atoms with Crippen molar-refractivity contribution >= 4 is 11.8 Å². The number of hydrogen-bond donors (Lipinski definition) is 1. The molecular weight excluding hydrogens is 351 g/mol. The van der Waals surface area contributed by atoms with Gasteiger partial charge in [0.1, 0.15) is 5.82 Å². The average molecular weight is 367 g/mol. The summed E-state index contributed by atoms with van der Waals surface area (Å²) >= 11 is 0. The van der Waals surface area contributed by atoms with Crippen LogP contribution in [0, 0.1) is 0 Å². The summed E-state index contributed by atoms with van der Waals surface area (Å²) in [5, 5.41) is 9.29. The van der Waals surface area contributed by atoms with E-state index in [1.807, 2.05) is 4.90 Å². The van der Waals surface area contributed by atoms with Crippen molar-refractivity contribution < 1.29 is 27.8 Å². The zero-order chi connectivity index (χ0) is 18.9. The van der Waals surface area contributed by atoms with Crippen molar-refractivity contribution in [2.75, 3.05) is 25.1 Å². The third-order valence-electron chi connectivity index (χ3n) is 4.20. The molecular formula is C17H16F3N3O3. The van der Waals surface area contributed by atoms with Gasteiger partial charge in [0.25, 0.3) is 0 Å². The van der Waals surface area contributed by atoms with E-state index in [9.17, 15) is 23.1 Å². The predicted octanol–water partition coefficient (Wildman–Crippen LogP) is 3.09. The summed E-state index contributed by atoms with van der Waals surface area (Å²) in [5.41, 5.74) is -0.700. The van der Waals surface area contributed by atoms with E-state index in [1.165, 1.54) is 18.2 Å². The summed E-state index contributed by atoms with van der Waals surface area (Å²) in [6, 6.07) is 5.66. The minimum Gasteiger partial charge on any atom is -0.477 e. The Morgan fingerprint density at radius 1 is 1.27 bits per heavy atom. The zero-order valence-electron chi connectivity index (χ0n) is 13.8. The first kappa shape index (κ1) is 18.1. The van der Waals surface area contributed by atoms with Crippen molar-refractivity contribution in [3.8, 4) is 11.4 Å². The van der Waals surface area contributed by atoms with Crippen LogP contribution in [-0.2, 0) is 10.9 Å². The van der Waals surface area contributed by atoms with Crippen LogP contribution >= 0.6 is 0 Å². The van der Waals surface area contributed by atoms with Crippen molar-refractivity contribution in [1.29, 1.82) is 0 Å². The van der Waals surface area contributed by atoms with Crippen molar-refractivity contribution in [2.45, 2.75) is 18.7 Å². The molecule has 2 aromatic rings. The molecule has 1 aliphatic heterocycles. The van der Waals surface area contributed by atoms with E-state index < -0.39 is 17.7 Å². The van der Waals surface area contributed by atoms with Gasteiger partial charge in [-0.1, -0.05) is 12.1 Å². The maximum Gasteiger partial charge on any atom is 0.416 e. The zero-order valence-corrected chi connectivity index (χ0v) is 13.8. The molecule has 9 heteroatoms. The van der Waals surface area contributed by atoms with Crippen LogP contribution in [0.4, 0.5) is 19.0 Å². The van der Waals surface area contributed by atoms with Crippen molar-refractivity contribution in [3.63, 3.8) is 0 Å². The Hall–Kier alpha value is -2.68. The second kappa shape index (κ2) is 6.91. The minimum atomic E-state index is -4.45. The SMILES string of the molecule is CO[C@H]1CCN(c2cc(C(=O)O)nc(-c3ccc(C(F)(F)F)cc3)n2)C1. The smallest absolute Gasteiger partial charge is 0.416 e. The summed E-state index contributed by atoms with van der Waals surface area (Å²) < 4.78 is 43.4. The van der Waals surface area contributed by atoms with Crippen molar-refractivity contribution in [1.82, 2.24) is 9.97 Å². The summed E-state index contributed by atoms with van der Waals surface area (Å²) in [5.74, 6) is -0.759. The van der Waals surface area contributed by atoms with Crippen LogP contribution in [0.25, 0.3) is 11.4 Å². The molecule has 26 heavy (non-hydrogen) atoms. The number of hydrogen-bond acceptors (Lipinski definition) is 5. The highest BCUT2D eigenvalue weighted by Crippen LogP contribution is 2.31. The second-order valence-corrected chi connectivity index (χ2v) is 5.91. The Bertz CT molecular complexity index is 809. The van der Waals surface area contributed by atoms with E-state index in [0.717, 1.165) is 18.6 Å². The number of benzene rings is 1. The van der Waals surface area contributed by atoms with Gasteiger partial charge in [-0.15, -0.1) is 0 Å². The van der Waals surface area contributed by atoms with Gasteiger partial charge >= 0.3 is 12.1 Å². The molecule has 0 unspecified atom stereocenters. The summed E-state index contributed by atoms with van der Waals surface area (Å²) in [7, 11) is 1.60. The summed E-state index contributed by atoms with van der Waals surface area (Å²) in [6.07, 6.45) is -3.65. The number of carboxylic acids is 1. The van der Waals surface area contributed by atoms with Gasteiger partial charge in [-0.05, 0) is 18.6 Å². The van der Waals surface area contributed by atoms with Gasteiger partial charge in [0.05, 0.1) is 11.7 Å². The monoisotopic (exact) mass is 367 g/mol. The molecule has 1 atom stereocenters. The van der Waals surface area contributed by atoms with E-state index in [-0.39, 0.29) is 17.6 Å². The Morgan fingerprint density at radius 2 is 1.96 bits per heavy atom. The highest BCUT2D eigenvalue weighted by molar-refractivity contribution is 5.87. The number of rotatable bonds is 4. The molecule has 3 rings (SSSR count). The maximum absolute atomic E-state index is 12.7. The van der Waals surface area contributed by atoms with Crippen LogP contribution in [-0.4, -0.2) is 47.3 Å². The fourth-order valence-corrected chi connectivity index (χ4v) is 2.77. The van der Waals surface area contributed by atoms with Gasteiger partial charge in [0.15, 0.2) is 11.5 Å². The number of aromatic nitrogens is 2. The molecule has 0 saturated carbocycles. The van der Waals surface area contributed by atoms with Gasteiger partial charge < -0.3 is 14.7 Å². The number of methoxy groups -OCH3 is 1. The van der Waals surface area contributed by atoms with Crippen molar-refractivity contribution in [2.24, 2.45) is 0 Å².